The molecule has 0 N–H and O–H groups in total. The maximum Gasteiger partial charge on any atom is 0.192 e. The van der Waals surface area contributed by atoms with Crippen LogP contribution in [0.5, 0.6) is 0 Å². The van der Waals surface area contributed by atoms with Gasteiger partial charge in [-0.25, -0.2) is 0 Å². The van der Waals surface area contributed by atoms with Crippen LogP contribution in [0.1, 0.15) is 33.6 Å². The van der Waals surface area contributed by atoms with Gasteiger partial charge in [-0.1, -0.05) is 0 Å². The van der Waals surface area contributed by atoms with E-state index in [0.717, 1.165) is 0 Å². The number of aromatic nitrogens is 1. The Labute approximate surface area is 92.5 Å². The normalized spacial score (nSPS) is 17.1. The molecule has 0 bridgehead atoms. The van der Waals surface area contributed by atoms with Gasteiger partial charge in [-0.05, 0) is 18.9 Å². The van der Waals surface area contributed by atoms with E-state index in [0.29, 0.717) is 0 Å². The lowest BCUT2D eigenvalue weighted by Gasteiger charge is -2.19. The summed E-state index contributed by atoms with van der Waals surface area (Å²) in [5.41, 5.74) is 1.54. The molecule has 2 heteroatoms. The van der Waals surface area contributed by atoms with Crippen molar-refractivity contribution < 1.29 is 4.57 Å². The Balaban J connectivity index is 2.26. The zero-order valence-corrected chi connectivity index (χ0v) is 10.0. The van der Waals surface area contributed by atoms with E-state index in [1.165, 1.54) is 31.6 Å². The zero-order chi connectivity index (χ0) is 10.9. The predicted molar refractivity (Wildman–Crippen MR) is 63.1 cm³/mol. The summed E-state index contributed by atoms with van der Waals surface area (Å²) in [6, 6.07) is 4.37. The van der Waals surface area contributed by atoms with Crippen LogP contribution >= 0.6 is 0 Å². The van der Waals surface area contributed by atoms with E-state index >= 15 is 0 Å². The summed E-state index contributed by atoms with van der Waals surface area (Å²) < 4.78 is 2.29. The Hall–Kier alpha value is -1.05. The fraction of sp³-hybridized carbons (Fsp3) is 0.615. The number of hydrogen-bond acceptors (Lipinski definition) is 1. The van der Waals surface area contributed by atoms with Crippen molar-refractivity contribution in [3.63, 3.8) is 0 Å². The van der Waals surface area contributed by atoms with Gasteiger partial charge in [-0.3, -0.25) is 0 Å². The second-order valence-corrected chi connectivity index (χ2v) is 5.33. The molecule has 2 heterocycles. The minimum Gasteiger partial charge on any atom is -0.367 e. The molecule has 2 rings (SSSR count). The third-order valence-electron chi connectivity index (χ3n) is 3.03. The molecule has 2 nitrogen and oxygen atoms in total. The van der Waals surface area contributed by atoms with Crippen LogP contribution < -0.4 is 9.47 Å². The molecule has 1 fully saturated rings. The van der Waals surface area contributed by atoms with Crippen molar-refractivity contribution in [1.29, 1.82) is 0 Å². The molecule has 0 spiro atoms. The molecule has 0 saturated carbocycles. The number of anilines is 1. The molecule has 1 aromatic heterocycles. The first-order valence-electron chi connectivity index (χ1n) is 5.84. The van der Waals surface area contributed by atoms with Crippen molar-refractivity contribution in [3.8, 4) is 0 Å². The van der Waals surface area contributed by atoms with Gasteiger partial charge in [0, 0.05) is 39.9 Å². The van der Waals surface area contributed by atoms with Crippen molar-refractivity contribution >= 4 is 5.69 Å². The van der Waals surface area contributed by atoms with Crippen molar-refractivity contribution in [3.05, 3.63) is 24.5 Å². The molecule has 0 atom stereocenters. The Morgan fingerprint density at radius 1 is 1.20 bits per heavy atom. The smallest absolute Gasteiger partial charge is 0.192 e. The van der Waals surface area contributed by atoms with Gasteiger partial charge in [0.1, 0.15) is 5.69 Å². The number of rotatable bonds is 1. The number of hydrogen-bond donors (Lipinski definition) is 0. The highest BCUT2D eigenvalue weighted by atomic mass is 15.2. The molecule has 0 aromatic carbocycles. The van der Waals surface area contributed by atoms with Gasteiger partial charge < -0.3 is 4.90 Å². The highest BCUT2D eigenvalue weighted by molar-refractivity contribution is 5.42. The summed E-state index contributed by atoms with van der Waals surface area (Å²) in [7, 11) is 0. The molecule has 82 valence electrons. The third-order valence-corrected chi connectivity index (χ3v) is 3.03. The summed E-state index contributed by atoms with van der Waals surface area (Å²) in [4.78, 5) is 2.47. The van der Waals surface area contributed by atoms with Crippen LogP contribution in [-0.2, 0) is 5.54 Å². The fourth-order valence-corrected chi connectivity index (χ4v) is 2.04. The Kier molecular flexibility index (Phi) is 2.68. The molecule has 0 amide bonds. The van der Waals surface area contributed by atoms with Crippen molar-refractivity contribution in [2.24, 2.45) is 0 Å². The number of nitrogens with zero attached hydrogens (tertiary/aromatic N) is 2. The van der Waals surface area contributed by atoms with Crippen LogP contribution in [0.15, 0.2) is 24.5 Å². The maximum atomic E-state index is 2.47. The average Bonchev–Trinajstić information content (AvgIpc) is 2.69. The molecular formula is C13H21N2+. The van der Waals surface area contributed by atoms with Crippen molar-refractivity contribution in [1.82, 2.24) is 0 Å². The summed E-state index contributed by atoms with van der Waals surface area (Å²) in [5.74, 6) is 0. The third kappa shape index (κ3) is 2.31. The quantitative estimate of drug-likeness (QED) is 0.638. The van der Waals surface area contributed by atoms with Crippen LogP contribution in [-0.4, -0.2) is 13.1 Å². The minimum absolute atomic E-state index is 0.176. The van der Waals surface area contributed by atoms with Gasteiger partial charge in [0.25, 0.3) is 0 Å². The van der Waals surface area contributed by atoms with Crippen LogP contribution in [0.4, 0.5) is 5.69 Å². The lowest BCUT2D eigenvalue weighted by atomic mass is 10.1. The van der Waals surface area contributed by atoms with E-state index in [1.807, 2.05) is 0 Å². The summed E-state index contributed by atoms with van der Waals surface area (Å²) >= 11 is 0. The standard InChI is InChI=1S/C13H21N2/c1-13(2,3)15-10-6-7-12(11-15)14-8-4-5-9-14/h6-7,10-11H,4-5,8-9H2,1-3H3/q+1. The fourth-order valence-electron chi connectivity index (χ4n) is 2.04. The molecule has 0 unspecified atom stereocenters. The van der Waals surface area contributed by atoms with E-state index < -0.39 is 0 Å². The second kappa shape index (κ2) is 3.84. The molecule has 0 radical (unpaired) electrons. The number of pyridine rings is 1. The van der Waals surface area contributed by atoms with E-state index in [9.17, 15) is 0 Å². The average molecular weight is 205 g/mol. The first-order chi connectivity index (χ1) is 7.07. The van der Waals surface area contributed by atoms with Gasteiger partial charge >= 0.3 is 0 Å². The van der Waals surface area contributed by atoms with Crippen LogP contribution in [0.2, 0.25) is 0 Å². The van der Waals surface area contributed by atoms with Gasteiger partial charge in [0.2, 0.25) is 0 Å². The van der Waals surface area contributed by atoms with Crippen molar-refractivity contribution in [2.45, 2.75) is 39.2 Å². The topological polar surface area (TPSA) is 7.12 Å². The minimum atomic E-state index is 0.176. The zero-order valence-electron chi connectivity index (χ0n) is 10.0. The highest BCUT2D eigenvalue weighted by Crippen LogP contribution is 2.18. The van der Waals surface area contributed by atoms with Crippen molar-refractivity contribution in [2.75, 3.05) is 18.0 Å². The first-order valence-corrected chi connectivity index (χ1v) is 5.84. The van der Waals surface area contributed by atoms with E-state index in [-0.39, 0.29) is 5.54 Å². The molecule has 1 aromatic rings. The van der Waals surface area contributed by atoms with E-state index in [1.54, 1.807) is 0 Å². The maximum absolute atomic E-state index is 2.47. The van der Waals surface area contributed by atoms with Gasteiger partial charge in [-0.15, -0.1) is 0 Å². The first kappa shape index (κ1) is 10.5. The van der Waals surface area contributed by atoms with Gasteiger partial charge in [0.05, 0.1) is 0 Å². The van der Waals surface area contributed by atoms with Gasteiger partial charge in [-0.2, -0.15) is 4.57 Å². The van der Waals surface area contributed by atoms with Crippen LogP contribution in [0, 0.1) is 0 Å². The van der Waals surface area contributed by atoms with Gasteiger partial charge in [0.15, 0.2) is 17.9 Å². The lowest BCUT2D eigenvalue weighted by molar-refractivity contribution is -0.753. The Morgan fingerprint density at radius 2 is 1.87 bits per heavy atom. The molecule has 1 aliphatic rings. The van der Waals surface area contributed by atoms with E-state index in [4.69, 9.17) is 0 Å². The molecule has 0 aliphatic carbocycles. The summed E-state index contributed by atoms with van der Waals surface area (Å²) in [5, 5.41) is 0. The largest absolute Gasteiger partial charge is 0.367 e. The summed E-state index contributed by atoms with van der Waals surface area (Å²) in [6.07, 6.45) is 7.10. The SMILES string of the molecule is CC(C)(C)[n+]1cccc(N2CCCC2)c1. The van der Waals surface area contributed by atoms with Crippen LogP contribution in [0.25, 0.3) is 0 Å². The molecule has 15 heavy (non-hydrogen) atoms. The summed E-state index contributed by atoms with van der Waals surface area (Å²) in [6.45, 7) is 9.14. The van der Waals surface area contributed by atoms with Crippen LogP contribution in [0.3, 0.4) is 0 Å². The Morgan fingerprint density at radius 3 is 2.47 bits per heavy atom. The predicted octanol–water partition coefficient (Wildman–Crippen LogP) is 2.33. The molecule has 1 aliphatic heterocycles. The Bertz CT molecular complexity index is 333. The molecule has 1 saturated heterocycles. The van der Waals surface area contributed by atoms with E-state index in [2.05, 4.69) is 54.8 Å². The highest BCUT2D eigenvalue weighted by Gasteiger charge is 2.23. The molecular weight excluding hydrogens is 184 g/mol. The second-order valence-electron chi connectivity index (χ2n) is 5.33. The lowest BCUT2D eigenvalue weighted by Crippen LogP contribution is -2.49. The monoisotopic (exact) mass is 205 g/mol.